The normalized spacial score (nSPS) is 21.9. The van der Waals surface area contributed by atoms with Crippen LogP contribution in [0.1, 0.15) is 29.9 Å². The molecule has 0 aromatic heterocycles. The number of rotatable bonds is 1. The topological polar surface area (TPSA) is 79.8 Å². The van der Waals surface area contributed by atoms with Crippen LogP contribution in [0.4, 0.5) is 0 Å². The molecule has 5 nitrogen and oxygen atoms in total. The van der Waals surface area contributed by atoms with Crippen LogP contribution in [0.15, 0.2) is 45.6 Å². The van der Waals surface area contributed by atoms with Gasteiger partial charge in [0.15, 0.2) is 5.78 Å². The number of guanidine groups is 1. The summed E-state index contributed by atoms with van der Waals surface area (Å²) in [6.45, 7) is 2.05. The molecule has 0 fully saturated rings. The molecule has 1 atom stereocenters. The van der Waals surface area contributed by atoms with Crippen molar-refractivity contribution in [3.05, 3.63) is 46.7 Å². The molecule has 1 aliphatic carbocycles. The van der Waals surface area contributed by atoms with Crippen LogP contribution in [-0.4, -0.2) is 18.0 Å². The standard InChI is InChI=1S/C15H16N4O/c1-9-2-4-10(5-3-9)11-6-13-12(14(20)7-11)8-17-15(16)19-18-13/h2-5,8,11,18H,6-7H2,1H3,(H2,16,19). The highest BCUT2D eigenvalue weighted by Crippen LogP contribution is 2.33. The third-order valence-corrected chi connectivity index (χ3v) is 3.69. The van der Waals surface area contributed by atoms with E-state index < -0.39 is 0 Å². The number of nitrogens with zero attached hydrogens (tertiary/aromatic N) is 2. The summed E-state index contributed by atoms with van der Waals surface area (Å²) >= 11 is 0. The number of hydrogen-bond acceptors (Lipinski definition) is 5. The molecule has 0 saturated heterocycles. The third kappa shape index (κ3) is 2.34. The zero-order chi connectivity index (χ0) is 14.1. The Kier molecular flexibility index (Phi) is 3.10. The van der Waals surface area contributed by atoms with E-state index >= 15 is 0 Å². The Bertz CT molecular complexity index is 640. The van der Waals surface area contributed by atoms with Gasteiger partial charge < -0.3 is 5.73 Å². The number of hydrazone groups is 1. The van der Waals surface area contributed by atoms with E-state index in [1.165, 1.54) is 17.3 Å². The fraction of sp³-hybridized carbons (Fsp3) is 0.267. The van der Waals surface area contributed by atoms with Gasteiger partial charge >= 0.3 is 0 Å². The van der Waals surface area contributed by atoms with Crippen molar-refractivity contribution < 1.29 is 4.79 Å². The number of benzene rings is 1. The van der Waals surface area contributed by atoms with Crippen molar-refractivity contribution in [1.82, 2.24) is 5.43 Å². The molecule has 0 radical (unpaired) electrons. The largest absolute Gasteiger partial charge is 0.367 e. The van der Waals surface area contributed by atoms with E-state index in [2.05, 4.69) is 46.7 Å². The quantitative estimate of drug-likeness (QED) is 0.811. The van der Waals surface area contributed by atoms with Gasteiger partial charge in [0.25, 0.3) is 0 Å². The van der Waals surface area contributed by atoms with E-state index in [0.717, 1.165) is 12.1 Å². The molecule has 5 heteroatoms. The second-order valence-corrected chi connectivity index (χ2v) is 5.17. The molecule has 20 heavy (non-hydrogen) atoms. The minimum absolute atomic E-state index is 0.0815. The minimum Gasteiger partial charge on any atom is -0.367 e. The molecule has 0 saturated carbocycles. The molecular weight excluding hydrogens is 252 g/mol. The Balaban J connectivity index is 1.90. The van der Waals surface area contributed by atoms with Crippen molar-refractivity contribution in [2.24, 2.45) is 15.8 Å². The van der Waals surface area contributed by atoms with Crippen LogP contribution >= 0.6 is 0 Å². The summed E-state index contributed by atoms with van der Waals surface area (Å²) < 4.78 is 0. The van der Waals surface area contributed by atoms with Crippen molar-refractivity contribution in [3.8, 4) is 0 Å². The van der Waals surface area contributed by atoms with Crippen LogP contribution in [0.2, 0.25) is 0 Å². The van der Waals surface area contributed by atoms with Crippen LogP contribution in [0.3, 0.4) is 0 Å². The molecule has 1 aliphatic heterocycles. The number of nitrogens with one attached hydrogen (secondary N) is 1. The summed E-state index contributed by atoms with van der Waals surface area (Å²) in [4.78, 5) is 16.2. The van der Waals surface area contributed by atoms with Gasteiger partial charge in [-0.15, -0.1) is 5.10 Å². The first kappa shape index (κ1) is 12.6. The van der Waals surface area contributed by atoms with Gasteiger partial charge in [-0.3, -0.25) is 10.2 Å². The van der Waals surface area contributed by atoms with E-state index in [4.69, 9.17) is 5.73 Å². The molecule has 1 unspecified atom stereocenters. The summed E-state index contributed by atoms with van der Waals surface area (Å²) in [5, 5.41) is 3.92. The first-order valence-electron chi connectivity index (χ1n) is 6.59. The van der Waals surface area contributed by atoms with E-state index in [1.54, 1.807) is 0 Å². The smallest absolute Gasteiger partial charge is 0.237 e. The number of ketones is 1. The second kappa shape index (κ2) is 4.92. The number of carbonyl (C=O) groups excluding carboxylic acids is 1. The van der Waals surface area contributed by atoms with E-state index in [1.807, 2.05) is 0 Å². The molecule has 0 spiro atoms. The van der Waals surface area contributed by atoms with Crippen molar-refractivity contribution in [1.29, 1.82) is 0 Å². The highest BCUT2D eigenvalue weighted by molar-refractivity contribution is 6.16. The summed E-state index contributed by atoms with van der Waals surface area (Å²) in [6.07, 6.45) is 2.75. The fourth-order valence-electron chi connectivity index (χ4n) is 2.54. The monoisotopic (exact) mass is 268 g/mol. The summed E-state index contributed by atoms with van der Waals surface area (Å²) in [5.41, 5.74) is 12.2. The summed E-state index contributed by atoms with van der Waals surface area (Å²) in [6, 6.07) is 8.31. The van der Waals surface area contributed by atoms with Gasteiger partial charge in [-0.1, -0.05) is 29.8 Å². The maximum atomic E-state index is 12.3. The number of hydrogen-bond donors (Lipinski definition) is 2. The van der Waals surface area contributed by atoms with Crippen LogP contribution < -0.4 is 11.2 Å². The second-order valence-electron chi connectivity index (χ2n) is 5.17. The molecule has 3 rings (SSSR count). The molecule has 3 N–H and O–H groups in total. The highest BCUT2D eigenvalue weighted by Gasteiger charge is 2.28. The molecule has 0 amide bonds. The van der Waals surface area contributed by atoms with Crippen molar-refractivity contribution >= 4 is 18.0 Å². The minimum atomic E-state index is 0.0815. The van der Waals surface area contributed by atoms with Gasteiger partial charge in [0, 0.05) is 18.3 Å². The zero-order valence-corrected chi connectivity index (χ0v) is 11.3. The Morgan fingerprint density at radius 1 is 1.25 bits per heavy atom. The average molecular weight is 268 g/mol. The van der Waals surface area contributed by atoms with Gasteiger partial charge in [0.2, 0.25) is 5.96 Å². The van der Waals surface area contributed by atoms with Gasteiger partial charge in [-0.25, -0.2) is 4.99 Å². The molecule has 1 aromatic carbocycles. The Hall–Kier alpha value is -2.43. The summed E-state index contributed by atoms with van der Waals surface area (Å²) in [5.74, 6) is 0.398. The van der Waals surface area contributed by atoms with E-state index in [9.17, 15) is 4.79 Å². The number of allylic oxidation sites excluding steroid dienone is 2. The van der Waals surface area contributed by atoms with Crippen molar-refractivity contribution in [3.63, 3.8) is 0 Å². The van der Waals surface area contributed by atoms with Gasteiger partial charge in [-0.05, 0) is 24.8 Å². The molecule has 2 aliphatic rings. The van der Waals surface area contributed by atoms with E-state index in [0.29, 0.717) is 12.0 Å². The van der Waals surface area contributed by atoms with Crippen molar-refractivity contribution in [2.45, 2.75) is 25.7 Å². The lowest BCUT2D eigenvalue weighted by Gasteiger charge is -2.24. The predicted octanol–water partition coefficient (Wildman–Crippen LogP) is 1.60. The number of nitrogens with two attached hydrogens (primary N) is 1. The number of carbonyl (C=O) groups is 1. The lowest BCUT2D eigenvalue weighted by Crippen LogP contribution is -2.24. The van der Waals surface area contributed by atoms with Gasteiger partial charge in [-0.2, -0.15) is 0 Å². The van der Waals surface area contributed by atoms with Crippen molar-refractivity contribution in [2.75, 3.05) is 0 Å². The Morgan fingerprint density at radius 3 is 2.75 bits per heavy atom. The number of Topliss-reactive ketones (excluding diaryl/α,β-unsaturated/α-hetero) is 1. The van der Waals surface area contributed by atoms with Gasteiger partial charge in [0.1, 0.15) is 0 Å². The van der Waals surface area contributed by atoms with Crippen LogP contribution in [0.25, 0.3) is 0 Å². The summed E-state index contributed by atoms with van der Waals surface area (Å²) in [7, 11) is 0. The van der Waals surface area contributed by atoms with E-state index in [-0.39, 0.29) is 17.7 Å². The third-order valence-electron chi connectivity index (χ3n) is 3.69. The number of aliphatic imine (C=N–C) groups is 1. The Morgan fingerprint density at radius 2 is 2.00 bits per heavy atom. The zero-order valence-electron chi connectivity index (χ0n) is 11.3. The fourth-order valence-corrected chi connectivity index (χ4v) is 2.54. The predicted molar refractivity (Wildman–Crippen MR) is 78.4 cm³/mol. The van der Waals surface area contributed by atoms with Gasteiger partial charge in [0.05, 0.1) is 5.57 Å². The maximum Gasteiger partial charge on any atom is 0.237 e. The lowest BCUT2D eigenvalue weighted by atomic mass is 9.82. The molecule has 1 heterocycles. The first-order chi connectivity index (χ1) is 9.63. The molecular formula is C15H16N4O. The maximum absolute atomic E-state index is 12.3. The lowest BCUT2D eigenvalue weighted by molar-refractivity contribution is -0.115. The average Bonchev–Trinajstić information content (AvgIpc) is 2.62. The SMILES string of the molecule is Cc1ccc(C2CC(=O)C3=C(C2)NN=C(N)N=C3)cc1. The number of aryl methyl sites for hydroxylation is 1. The molecule has 102 valence electrons. The van der Waals surface area contributed by atoms with Crippen LogP contribution in [0.5, 0.6) is 0 Å². The first-order valence-corrected chi connectivity index (χ1v) is 6.59. The molecule has 0 bridgehead atoms. The highest BCUT2D eigenvalue weighted by atomic mass is 16.1. The van der Waals surface area contributed by atoms with Crippen LogP contribution in [-0.2, 0) is 4.79 Å². The molecule has 1 aromatic rings. The van der Waals surface area contributed by atoms with Crippen LogP contribution in [0, 0.1) is 6.92 Å². The Labute approximate surface area is 117 Å².